The van der Waals surface area contributed by atoms with Gasteiger partial charge < -0.3 is 20.9 Å². The monoisotopic (exact) mass is 483 g/mol. The van der Waals surface area contributed by atoms with Crippen LogP contribution in [0.15, 0.2) is 72.8 Å². The molecule has 0 bridgehead atoms. The molecule has 0 unspecified atom stereocenters. The van der Waals surface area contributed by atoms with Crippen LogP contribution in [0.25, 0.3) is 21.7 Å². The number of hydrogen-bond acceptors (Lipinski definition) is 4. The van der Waals surface area contributed by atoms with Gasteiger partial charge in [-0.3, -0.25) is 0 Å². The number of nitrogens with one attached hydrogen (secondary N) is 3. The van der Waals surface area contributed by atoms with Crippen LogP contribution in [0, 0.1) is 0 Å². The van der Waals surface area contributed by atoms with Gasteiger partial charge in [0, 0.05) is 49.9 Å². The lowest BCUT2D eigenvalue weighted by atomic mass is 9.91. The fraction of sp³-hybridized carbons (Fsp3) is 0.310. The first-order chi connectivity index (χ1) is 17.1. The number of hydrogen-bond donors (Lipinski definition) is 3. The molecule has 35 heavy (non-hydrogen) atoms. The molecular formula is C29H33N5S. The molecule has 0 spiro atoms. The molecule has 0 atom stereocenters. The molecule has 180 valence electrons. The molecule has 5 rings (SSSR count). The van der Waals surface area contributed by atoms with E-state index in [2.05, 4.69) is 102 Å². The zero-order chi connectivity index (χ0) is 24.2. The number of pyridine rings is 1. The summed E-state index contributed by atoms with van der Waals surface area (Å²) in [6.07, 6.45) is 4.36. The number of rotatable bonds is 6. The summed E-state index contributed by atoms with van der Waals surface area (Å²) in [4.78, 5) is 7.03. The normalized spacial score (nSPS) is 17.8. The molecule has 1 saturated carbocycles. The third kappa shape index (κ3) is 5.49. The Morgan fingerprint density at radius 2 is 1.57 bits per heavy atom. The summed E-state index contributed by atoms with van der Waals surface area (Å²) in [5.74, 6) is 0.955. The molecule has 1 heterocycles. The molecule has 3 aromatic carbocycles. The maximum absolute atomic E-state index is 5.62. The van der Waals surface area contributed by atoms with Gasteiger partial charge in [-0.2, -0.15) is 0 Å². The number of thiocarbonyl (C=S) groups is 1. The lowest BCUT2D eigenvalue weighted by Crippen LogP contribution is -2.44. The Labute approximate surface area is 212 Å². The van der Waals surface area contributed by atoms with Crippen LogP contribution in [-0.2, 0) is 6.54 Å². The minimum atomic E-state index is 0.405. The highest BCUT2D eigenvalue weighted by atomic mass is 32.1. The van der Waals surface area contributed by atoms with E-state index in [0.717, 1.165) is 48.7 Å². The third-order valence-corrected chi connectivity index (χ3v) is 7.17. The van der Waals surface area contributed by atoms with Crippen molar-refractivity contribution >= 4 is 50.5 Å². The molecule has 5 nitrogen and oxygen atoms in total. The van der Waals surface area contributed by atoms with Crippen molar-refractivity contribution in [2.24, 2.45) is 0 Å². The second-order valence-electron chi connectivity index (χ2n) is 9.60. The van der Waals surface area contributed by atoms with Crippen LogP contribution < -0.4 is 20.9 Å². The topological polar surface area (TPSA) is 52.2 Å². The van der Waals surface area contributed by atoms with Crippen molar-refractivity contribution < 1.29 is 0 Å². The highest BCUT2D eigenvalue weighted by molar-refractivity contribution is 7.80. The zero-order valence-electron chi connectivity index (χ0n) is 20.4. The molecule has 0 amide bonds. The fourth-order valence-corrected chi connectivity index (χ4v) is 5.29. The summed E-state index contributed by atoms with van der Waals surface area (Å²) in [7, 11) is 4.17. The summed E-state index contributed by atoms with van der Waals surface area (Å²) in [5, 5.41) is 15.1. The van der Waals surface area contributed by atoms with Crippen LogP contribution in [0.3, 0.4) is 0 Å². The van der Waals surface area contributed by atoms with Gasteiger partial charge in [-0.1, -0.05) is 60.7 Å². The number of nitrogens with zero attached hydrogens (tertiary/aromatic N) is 2. The van der Waals surface area contributed by atoms with E-state index in [1.165, 1.54) is 27.4 Å². The van der Waals surface area contributed by atoms with Gasteiger partial charge in [0.1, 0.15) is 5.82 Å². The average molecular weight is 484 g/mol. The van der Waals surface area contributed by atoms with Gasteiger partial charge in [0.15, 0.2) is 5.11 Å². The predicted molar refractivity (Wildman–Crippen MR) is 152 cm³/mol. The molecule has 6 heteroatoms. The second kappa shape index (κ2) is 10.5. The van der Waals surface area contributed by atoms with Crippen LogP contribution in [0.1, 0.15) is 31.2 Å². The number of benzene rings is 3. The van der Waals surface area contributed by atoms with Crippen LogP contribution >= 0.6 is 12.2 Å². The van der Waals surface area contributed by atoms with Crippen molar-refractivity contribution in [3.05, 3.63) is 78.4 Å². The van der Waals surface area contributed by atoms with Crippen LogP contribution in [0.5, 0.6) is 0 Å². The molecule has 1 aliphatic rings. The van der Waals surface area contributed by atoms with Crippen molar-refractivity contribution in [3.8, 4) is 0 Å². The molecular weight excluding hydrogens is 450 g/mol. The first kappa shape index (κ1) is 23.4. The summed E-state index contributed by atoms with van der Waals surface area (Å²) >= 11 is 5.62. The van der Waals surface area contributed by atoms with E-state index >= 15 is 0 Å². The fourth-order valence-electron chi connectivity index (χ4n) is 5.05. The van der Waals surface area contributed by atoms with Gasteiger partial charge in [-0.05, 0) is 60.3 Å². The van der Waals surface area contributed by atoms with E-state index in [1.807, 2.05) is 6.07 Å². The number of fused-ring (bicyclic) bond motifs is 2. The third-order valence-electron chi connectivity index (χ3n) is 6.91. The first-order valence-electron chi connectivity index (χ1n) is 12.4. The molecule has 1 aliphatic carbocycles. The standard InChI is InChI=1S/C29H33N5S/c1-34(2)27-18-28(33-26-13-6-5-12-25(26)27)31-22-14-16-23(17-15-22)32-29(35)30-19-21-10-7-9-20-8-3-4-11-24(20)21/h3-13,18,22-23H,14-17,19H2,1-2H3,(H,31,33)(H2,30,32,35)/t22-,23+. The summed E-state index contributed by atoms with van der Waals surface area (Å²) in [6, 6.07) is 26.2. The number of anilines is 2. The van der Waals surface area contributed by atoms with Crippen LogP contribution in [-0.4, -0.2) is 36.3 Å². The van der Waals surface area contributed by atoms with Gasteiger partial charge in [-0.25, -0.2) is 4.98 Å². The van der Waals surface area contributed by atoms with Crippen molar-refractivity contribution in [3.63, 3.8) is 0 Å². The lowest BCUT2D eigenvalue weighted by molar-refractivity contribution is 0.386. The van der Waals surface area contributed by atoms with Gasteiger partial charge >= 0.3 is 0 Å². The highest BCUT2D eigenvalue weighted by Gasteiger charge is 2.22. The smallest absolute Gasteiger partial charge is 0.166 e. The highest BCUT2D eigenvalue weighted by Crippen LogP contribution is 2.29. The van der Waals surface area contributed by atoms with Crippen molar-refractivity contribution in [2.45, 2.75) is 44.3 Å². The van der Waals surface area contributed by atoms with E-state index in [4.69, 9.17) is 17.2 Å². The Morgan fingerprint density at radius 1 is 0.886 bits per heavy atom. The molecule has 0 radical (unpaired) electrons. The molecule has 1 fully saturated rings. The quantitative estimate of drug-likeness (QED) is 0.300. The molecule has 4 aromatic rings. The first-order valence-corrected chi connectivity index (χ1v) is 12.8. The lowest BCUT2D eigenvalue weighted by Gasteiger charge is -2.31. The summed E-state index contributed by atoms with van der Waals surface area (Å²) in [6.45, 7) is 0.728. The van der Waals surface area contributed by atoms with Crippen LogP contribution in [0.2, 0.25) is 0 Å². The summed E-state index contributed by atoms with van der Waals surface area (Å²) in [5.41, 5.74) is 3.48. The van der Waals surface area contributed by atoms with Gasteiger partial charge in [0.2, 0.25) is 0 Å². The van der Waals surface area contributed by atoms with E-state index in [1.54, 1.807) is 0 Å². The Balaban J connectivity index is 1.13. The second-order valence-corrected chi connectivity index (χ2v) is 10.0. The van der Waals surface area contributed by atoms with Gasteiger partial charge in [0.05, 0.1) is 5.52 Å². The van der Waals surface area contributed by atoms with Crippen LogP contribution in [0.4, 0.5) is 11.5 Å². The Kier molecular flexibility index (Phi) is 7.00. The average Bonchev–Trinajstić information content (AvgIpc) is 2.88. The van der Waals surface area contributed by atoms with Gasteiger partial charge in [-0.15, -0.1) is 0 Å². The Hall–Kier alpha value is -3.38. The molecule has 0 saturated heterocycles. The Morgan fingerprint density at radius 3 is 2.37 bits per heavy atom. The van der Waals surface area contributed by atoms with E-state index in [0.29, 0.717) is 12.1 Å². The number of para-hydroxylation sites is 1. The van der Waals surface area contributed by atoms with Gasteiger partial charge in [0.25, 0.3) is 0 Å². The summed E-state index contributed by atoms with van der Waals surface area (Å²) < 4.78 is 0. The predicted octanol–water partition coefficient (Wildman–Crippen LogP) is 5.84. The van der Waals surface area contributed by atoms with Crippen molar-refractivity contribution in [2.75, 3.05) is 24.3 Å². The SMILES string of the molecule is CN(C)c1cc(N[C@H]2CC[C@@H](NC(=S)NCc3cccc4ccccc34)CC2)nc2ccccc12. The van der Waals surface area contributed by atoms with E-state index in [9.17, 15) is 0 Å². The minimum absolute atomic E-state index is 0.405. The number of aromatic nitrogens is 1. The van der Waals surface area contributed by atoms with E-state index < -0.39 is 0 Å². The zero-order valence-corrected chi connectivity index (χ0v) is 21.2. The Bertz CT molecular complexity index is 1320. The molecule has 3 N–H and O–H groups in total. The maximum Gasteiger partial charge on any atom is 0.166 e. The van der Waals surface area contributed by atoms with Crippen molar-refractivity contribution in [1.82, 2.24) is 15.6 Å². The maximum atomic E-state index is 5.62. The van der Waals surface area contributed by atoms with Crippen molar-refractivity contribution in [1.29, 1.82) is 0 Å². The minimum Gasteiger partial charge on any atom is -0.377 e. The molecule has 1 aromatic heterocycles. The largest absolute Gasteiger partial charge is 0.377 e. The van der Waals surface area contributed by atoms with E-state index in [-0.39, 0.29) is 0 Å². The molecule has 0 aliphatic heterocycles.